The Morgan fingerprint density at radius 2 is 2.25 bits per heavy atom. The maximum absolute atomic E-state index is 12.4. The molecule has 8 heteroatoms. The van der Waals surface area contributed by atoms with Crippen LogP contribution < -0.4 is 16.6 Å². The van der Waals surface area contributed by atoms with Gasteiger partial charge in [0.05, 0.1) is 30.0 Å². The fourth-order valence-corrected chi connectivity index (χ4v) is 2.90. The van der Waals surface area contributed by atoms with Crippen LogP contribution in [0.15, 0.2) is 35.3 Å². The number of carbonyl (C=O) groups is 1. The minimum atomic E-state index is -0.395. The zero-order chi connectivity index (χ0) is 17.1. The number of hydrogen-bond donors (Lipinski definition) is 4. The van der Waals surface area contributed by atoms with Crippen LogP contribution in [0.3, 0.4) is 0 Å². The lowest BCUT2D eigenvalue weighted by molar-refractivity contribution is -0.122. The molecule has 0 bridgehead atoms. The molecule has 2 aromatic rings. The van der Waals surface area contributed by atoms with E-state index in [-0.39, 0.29) is 36.3 Å². The number of nitrogens with two attached hydrogens (primary N) is 1. The Kier molecular flexibility index (Phi) is 4.57. The Balaban J connectivity index is 1.72. The predicted molar refractivity (Wildman–Crippen MR) is 86.8 cm³/mol. The summed E-state index contributed by atoms with van der Waals surface area (Å²) in [6.45, 7) is 0. The topological polar surface area (TPSA) is 134 Å². The zero-order valence-corrected chi connectivity index (χ0v) is 13.0. The van der Waals surface area contributed by atoms with Gasteiger partial charge < -0.3 is 16.2 Å². The molecule has 1 fully saturated rings. The van der Waals surface area contributed by atoms with Gasteiger partial charge in [-0.25, -0.2) is 4.98 Å². The van der Waals surface area contributed by atoms with Crippen molar-refractivity contribution < 1.29 is 9.90 Å². The fraction of sp³-hybridized carbons (Fsp3) is 0.375. The number of carbonyl (C=O) groups excluding carboxylic acids is 1. The molecule has 126 valence electrons. The van der Waals surface area contributed by atoms with Gasteiger partial charge in [0.2, 0.25) is 11.9 Å². The van der Waals surface area contributed by atoms with Gasteiger partial charge in [-0.1, -0.05) is 6.07 Å². The molecule has 0 spiro atoms. The van der Waals surface area contributed by atoms with E-state index < -0.39 is 5.56 Å². The normalized spacial score (nSPS) is 20.9. The van der Waals surface area contributed by atoms with Crippen LogP contribution in [0, 0.1) is 5.92 Å². The van der Waals surface area contributed by atoms with Gasteiger partial charge in [-0.3, -0.25) is 19.6 Å². The highest BCUT2D eigenvalue weighted by atomic mass is 16.3. The summed E-state index contributed by atoms with van der Waals surface area (Å²) in [6, 6.07) is 6.48. The lowest BCUT2D eigenvalue weighted by Crippen LogP contribution is -2.42. The first kappa shape index (κ1) is 16.1. The molecular weight excluding hydrogens is 310 g/mol. The van der Waals surface area contributed by atoms with Crippen molar-refractivity contribution in [2.45, 2.75) is 31.4 Å². The molecule has 3 rings (SSSR count). The van der Waals surface area contributed by atoms with Crippen molar-refractivity contribution in [1.29, 1.82) is 0 Å². The van der Waals surface area contributed by atoms with Crippen LogP contribution in [-0.4, -0.2) is 32.1 Å². The first-order valence-electron chi connectivity index (χ1n) is 7.75. The molecule has 2 heterocycles. The number of nitrogens with one attached hydrogen (secondary N) is 2. The summed E-state index contributed by atoms with van der Waals surface area (Å²) < 4.78 is 0. The number of aliphatic hydroxyl groups is 1. The summed E-state index contributed by atoms with van der Waals surface area (Å²) in [6.07, 6.45) is 2.54. The van der Waals surface area contributed by atoms with E-state index in [1.54, 1.807) is 12.3 Å². The molecule has 5 N–H and O–H groups in total. The van der Waals surface area contributed by atoms with Crippen LogP contribution >= 0.6 is 0 Å². The number of aromatic nitrogens is 3. The smallest absolute Gasteiger partial charge is 0.252 e. The van der Waals surface area contributed by atoms with Gasteiger partial charge in [-0.05, 0) is 30.9 Å². The quantitative estimate of drug-likeness (QED) is 0.606. The third-order valence-corrected chi connectivity index (χ3v) is 4.10. The van der Waals surface area contributed by atoms with E-state index in [2.05, 4.69) is 20.3 Å². The highest BCUT2D eigenvalue weighted by molar-refractivity contribution is 5.78. The molecule has 8 nitrogen and oxygen atoms in total. The standard InChI is InChI=1S/C16H19N5O3/c17-16-19-10(8-14(24)21-16)7-13(23)20-15(9-5-11(22)6-9)12-3-1-2-4-18-12/h1-4,8-9,11,15,22H,5-7H2,(H,20,23)(H3,17,19,21,24). The second-order valence-electron chi connectivity index (χ2n) is 5.98. The summed E-state index contributed by atoms with van der Waals surface area (Å²) in [5, 5.41) is 12.5. The summed E-state index contributed by atoms with van der Waals surface area (Å²) >= 11 is 0. The molecule has 0 saturated heterocycles. The Hall–Kier alpha value is -2.74. The number of nitrogens with zero attached hydrogens (tertiary/aromatic N) is 2. The number of amides is 1. The van der Waals surface area contributed by atoms with Crippen molar-refractivity contribution in [3.63, 3.8) is 0 Å². The number of nitrogen functional groups attached to an aromatic ring is 1. The Morgan fingerprint density at radius 3 is 2.88 bits per heavy atom. The summed E-state index contributed by atoms with van der Waals surface area (Å²) in [5.41, 5.74) is 6.15. The van der Waals surface area contributed by atoms with E-state index >= 15 is 0 Å². The minimum absolute atomic E-state index is 0.0197. The highest BCUT2D eigenvalue weighted by Gasteiger charge is 2.36. The van der Waals surface area contributed by atoms with Gasteiger partial charge >= 0.3 is 0 Å². The molecule has 1 amide bonds. The number of pyridine rings is 1. The van der Waals surface area contributed by atoms with Crippen LogP contribution in [0.4, 0.5) is 5.95 Å². The Bertz CT molecular complexity index is 771. The maximum atomic E-state index is 12.4. The van der Waals surface area contributed by atoms with Crippen LogP contribution in [0.1, 0.15) is 30.3 Å². The maximum Gasteiger partial charge on any atom is 0.252 e. The summed E-state index contributed by atoms with van der Waals surface area (Å²) in [7, 11) is 0. The molecule has 1 aliphatic carbocycles. The van der Waals surface area contributed by atoms with Gasteiger partial charge in [-0.2, -0.15) is 0 Å². The first-order chi connectivity index (χ1) is 11.5. The molecule has 2 aromatic heterocycles. The molecule has 0 radical (unpaired) electrons. The number of hydrogen-bond acceptors (Lipinski definition) is 6. The third-order valence-electron chi connectivity index (χ3n) is 4.10. The molecule has 0 aromatic carbocycles. The summed E-state index contributed by atoms with van der Waals surface area (Å²) in [5.74, 6) is -0.158. The van der Waals surface area contributed by atoms with E-state index in [0.717, 1.165) is 5.69 Å². The van der Waals surface area contributed by atoms with Gasteiger partial charge in [0, 0.05) is 12.3 Å². The predicted octanol–water partition coefficient (Wildman–Crippen LogP) is -0.0820. The first-order valence-corrected chi connectivity index (χ1v) is 7.75. The second-order valence-corrected chi connectivity index (χ2v) is 5.98. The summed E-state index contributed by atoms with van der Waals surface area (Å²) in [4.78, 5) is 34.3. The van der Waals surface area contributed by atoms with E-state index in [9.17, 15) is 14.7 Å². The SMILES string of the molecule is Nc1nc(CC(=O)NC(c2ccccn2)C2CC(O)C2)cc(=O)[nH]1. The van der Waals surface area contributed by atoms with Crippen LogP contribution in [0.25, 0.3) is 0 Å². The molecule has 1 unspecified atom stereocenters. The minimum Gasteiger partial charge on any atom is -0.393 e. The van der Waals surface area contributed by atoms with Crippen LogP contribution in [-0.2, 0) is 11.2 Å². The van der Waals surface area contributed by atoms with E-state index in [0.29, 0.717) is 18.5 Å². The average molecular weight is 329 g/mol. The largest absolute Gasteiger partial charge is 0.393 e. The number of anilines is 1. The van der Waals surface area contributed by atoms with E-state index in [1.807, 2.05) is 12.1 Å². The Labute approximate surface area is 138 Å². The monoisotopic (exact) mass is 329 g/mol. The van der Waals surface area contributed by atoms with Gasteiger partial charge in [-0.15, -0.1) is 0 Å². The van der Waals surface area contributed by atoms with Crippen molar-refractivity contribution in [2.75, 3.05) is 5.73 Å². The van der Waals surface area contributed by atoms with Gasteiger partial charge in [0.25, 0.3) is 5.56 Å². The van der Waals surface area contributed by atoms with Crippen molar-refractivity contribution in [3.8, 4) is 0 Å². The number of rotatable bonds is 5. The van der Waals surface area contributed by atoms with Crippen molar-refractivity contribution in [3.05, 3.63) is 52.2 Å². The Morgan fingerprint density at radius 1 is 1.46 bits per heavy atom. The lowest BCUT2D eigenvalue weighted by atomic mass is 9.76. The average Bonchev–Trinajstić information content (AvgIpc) is 2.50. The molecule has 24 heavy (non-hydrogen) atoms. The van der Waals surface area contributed by atoms with Crippen LogP contribution in [0.5, 0.6) is 0 Å². The molecule has 1 aliphatic rings. The molecule has 1 saturated carbocycles. The fourth-order valence-electron chi connectivity index (χ4n) is 2.90. The van der Waals surface area contributed by atoms with Gasteiger partial charge in [0.15, 0.2) is 0 Å². The van der Waals surface area contributed by atoms with Crippen molar-refractivity contribution in [2.24, 2.45) is 5.92 Å². The molecule has 0 aliphatic heterocycles. The highest BCUT2D eigenvalue weighted by Crippen LogP contribution is 2.37. The molecular formula is C16H19N5O3. The zero-order valence-electron chi connectivity index (χ0n) is 13.0. The van der Waals surface area contributed by atoms with Crippen molar-refractivity contribution in [1.82, 2.24) is 20.3 Å². The number of aliphatic hydroxyl groups excluding tert-OH is 1. The van der Waals surface area contributed by atoms with Crippen LogP contribution in [0.2, 0.25) is 0 Å². The van der Waals surface area contributed by atoms with E-state index in [4.69, 9.17) is 5.73 Å². The molecule has 1 atom stereocenters. The third kappa shape index (κ3) is 3.77. The van der Waals surface area contributed by atoms with Crippen molar-refractivity contribution >= 4 is 11.9 Å². The van der Waals surface area contributed by atoms with Gasteiger partial charge in [0.1, 0.15) is 0 Å². The van der Waals surface area contributed by atoms with E-state index in [1.165, 1.54) is 6.07 Å². The second kappa shape index (κ2) is 6.79. The number of H-pyrrole nitrogens is 1. The lowest BCUT2D eigenvalue weighted by Gasteiger charge is -2.37. The number of aromatic amines is 1.